The Kier molecular flexibility index (Phi) is 4.44. The molecule has 3 aromatic rings. The van der Waals surface area contributed by atoms with Crippen LogP contribution in [0.1, 0.15) is 29.3 Å². The Balaban J connectivity index is 1.58. The minimum Gasteiger partial charge on any atom is -0.334 e. The second kappa shape index (κ2) is 6.78. The molecule has 1 aliphatic heterocycles. The van der Waals surface area contributed by atoms with Crippen LogP contribution in [0.25, 0.3) is 11.5 Å². The Morgan fingerprint density at radius 3 is 2.78 bits per heavy atom. The van der Waals surface area contributed by atoms with Crippen LogP contribution in [0.2, 0.25) is 5.02 Å². The van der Waals surface area contributed by atoms with Crippen molar-refractivity contribution in [3.8, 4) is 11.5 Å². The van der Waals surface area contributed by atoms with Crippen LogP contribution in [0.15, 0.2) is 40.9 Å². The number of carbonyl (C=O) groups is 1. The molecule has 4 rings (SSSR count). The Bertz CT molecular complexity index is 1030. The highest BCUT2D eigenvalue weighted by atomic mass is 35.5. The smallest absolute Gasteiger partial charge is 0.257 e. The van der Waals surface area contributed by atoms with E-state index in [1.54, 1.807) is 0 Å². The van der Waals surface area contributed by atoms with E-state index in [2.05, 4.69) is 10.1 Å². The highest BCUT2D eigenvalue weighted by molar-refractivity contribution is 6.33. The fraction of sp³-hybridized carbons (Fsp3) is 0.250. The zero-order valence-corrected chi connectivity index (χ0v) is 15.6. The van der Waals surface area contributed by atoms with E-state index in [9.17, 15) is 9.18 Å². The summed E-state index contributed by atoms with van der Waals surface area (Å²) in [7, 11) is 0. The van der Waals surface area contributed by atoms with E-state index in [-0.39, 0.29) is 18.2 Å². The molecule has 2 heterocycles. The number of rotatable bonds is 3. The lowest BCUT2D eigenvalue weighted by molar-refractivity contribution is -0.117. The second-order valence-corrected chi connectivity index (χ2v) is 7.17. The topological polar surface area (TPSA) is 59.2 Å². The van der Waals surface area contributed by atoms with Crippen molar-refractivity contribution in [2.45, 2.75) is 26.2 Å². The van der Waals surface area contributed by atoms with E-state index < -0.39 is 5.82 Å². The summed E-state index contributed by atoms with van der Waals surface area (Å²) in [5, 5.41) is 4.39. The third-order valence-electron chi connectivity index (χ3n) is 4.88. The third kappa shape index (κ3) is 3.32. The van der Waals surface area contributed by atoms with E-state index in [4.69, 9.17) is 16.1 Å². The van der Waals surface area contributed by atoms with Crippen LogP contribution in [0, 0.1) is 19.7 Å². The molecule has 0 saturated carbocycles. The molecule has 0 spiro atoms. The van der Waals surface area contributed by atoms with Crippen molar-refractivity contribution in [1.29, 1.82) is 0 Å². The summed E-state index contributed by atoms with van der Waals surface area (Å²) >= 11 is 6.14. The molecular weight excluding hydrogens is 369 g/mol. The summed E-state index contributed by atoms with van der Waals surface area (Å²) in [5.41, 5.74) is 3.52. The first-order valence-corrected chi connectivity index (χ1v) is 8.97. The average Bonchev–Trinajstić information content (AvgIpc) is 3.26. The number of aryl methyl sites for hydroxylation is 2. The van der Waals surface area contributed by atoms with Gasteiger partial charge in [-0.05, 0) is 55.3 Å². The summed E-state index contributed by atoms with van der Waals surface area (Å²) in [6.07, 6.45) is 0.221. The quantitative estimate of drug-likeness (QED) is 0.657. The van der Waals surface area contributed by atoms with Gasteiger partial charge in [0.2, 0.25) is 5.91 Å². The summed E-state index contributed by atoms with van der Waals surface area (Å²) in [6.45, 7) is 4.38. The Morgan fingerprint density at radius 2 is 2.00 bits per heavy atom. The van der Waals surface area contributed by atoms with Gasteiger partial charge in [-0.25, -0.2) is 4.39 Å². The maximum atomic E-state index is 13.6. The first-order chi connectivity index (χ1) is 12.9. The van der Waals surface area contributed by atoms with Crippen molar-refractivity contribution in [2.24, 2.45) is 0 Å². The van der Waals surface area contributed by atoms with Gasteiger partial charge in [-0.15, -0.1) is 0 Å². The number of benzene rings is 2. The molecule has 5 nitrogen and oxygen atoms in total. The molecular formula is C20H17ClFN3O2. The average molecular weight is 386 g/mol. The summed E-state index contributed by atoms with van der Waals surface area (Å²) < 4.78 is 19.0. The number of hydrogen-bond donors (Lipinski definition) is 0. The minimum atomic E-state index is -0.442. The molecule has 1 saturated heterocycles. The number of amides is 1. The molecule has 1 atom stereocenters. The standard InChI is InChI=1S/C20H17ClFN3O2/c1-11-3-4-13(7-12(11)2)20-23-19(24-27-20)14-8-18(26)25(10-14)17-9-15(22)5-6-16(17)21/h3-7,9,14H,8,10H2,1-2H3. The van der Waals surface area contributed by atoms with Crippen LogP contribution in [0.3, 0.4) is 0 Å². The van der Waals surface area contributed by atoms with Gasteiger partial charge in [0, 0.05) is 24.4 Å². The van der Waals surface area contributed by atoms with E-state index in [0.717, 1.165) is 11.1 Å². The zero-order chi connectivity index (χ0) is 19.1. The van der Waals surface area contributed by atoms with Gasteiger partial charge < -0.3 is 9.42 Å². The lowest BCUT2D eigenvalue weighted by atomic mass is 10.1. The predicted molar refractivity (Wildman–Crippen MR) is 100 cm³/mol. The fourth-order valence-electron chi connectivity index (χ4n) is 3.20. The normalized spacial score (nSPS) is 17.0. The van der Waals surface area contributed by atoms with Crippen molar-refractivity contribution in [3.05, 3.63) is 64.2 Å². The molecule has 1 unspecified atom stereocenters. The van der Waals surface area contributed by atoms with Gasteiger partial charge in [-0.2, -0.15) is 4.98 Å². The van der Waals surface area contributed by atoms with Crippen LogP contribution in [0.4, 0.5) is 10.1 Å². The predicted octanol–water partition coefficient (Wildman–Crippen LogP) is 4.67. The highest BCUT2D eigenvalue weighted by Gasteiger charge is 2.35. The molecule has 1 amide bonds. The van der Waals surface area contributed by atoms with Crippen molar-refractivity contribution in [2.75, 3.05) is 11.4 Å². The van der Waals surface area contributed by atoms with Gasteiger partial charge in [0.15, 0.2) is 5.82 Å². The van der Waals surface area contributed by atoms with Crippen LogP contribution in [-0.4, -0.2) is 22.6 Å². The third-order valence-corrected chi connectivity index (χ3v) is 5.20. The Labute approximate surface area is 160 Å². The van der Waals surface area contributed by atoms with Gasteiger partial charge >= 0.3 is 0 Å². The van der Waals surface area contributed by atoms with Gasteiger partial charge in [0.1, 0.15) is 5.82 Å². The van der Waals surface area contributed by atoms with Crippen molar-refractivity contribution in [1.82, 2.24) is 10.1 Å². The molecule has 0 aliphatic carbocycles. The molecule has 1 aromatic heterocycles. The molecule has 7 heteroatoms. The van der Waals surface area contributed by atoms with Crippen molar-refractivity contribution in [3.63, 3.8) is 0 Å². The number of hydrogen-bond acceptors (Lipinski definition) is 4. The Hall–Kier alpha value is -2.73. The minimum absolute atomic E-state index is 0.148. The van der Waals surface area contributed by atoms with Gasteiger partial charge in [0.05, 0.1) is 10.7 Å². The molecule has 0 N–H and O–H groups in total. The van der Waals surface area contributed by atoms with Gasteiger partial charge in [-0.3, -0.25) is 4.79 Å². The number of anilines is 1. The maximum Gasteiger partial charge on any atom is 0.257 e. The number of carbonyl (C=O) groups excluding carboxylic acids is 1. The lowest BCUT2D eigenvalue weighted by Crippen LogP contribution is -2.24. The maximum absolute atomic E-state index is 13.6. The van der Waals surface area contributed by atoms with E-state index in [1.165, 1.54) is 28.7 Å². The molecule has 2 aromatic carbocycles. The summed E-state index contributed by atoms with van der Waals surface area (Å²) in [4.78, 5) is 18.4. The van der Waals surface area contributed by atoms with Crippen molar-refractivity contribution < 1.29 is 13.7 Å². The van der Waals surface area contributed by atoms with Gasteiger partial charge in [-0.1, -0.05) is 22.8 Å². The molecule has 1 aliphatic rings. The summed E-state index contributed by atoms with van der Waals surface area (Å²) in [6, 6.07) is 9.89. The number of aromatic nitrogens is 2. The number of nitrogens with zero attached hydrogens (tertiary/aromatic N) is 3. The molecule has 0 radical (unpaired) electrons. The molecule has 27 heavy (non-hydrogen) atoms. The van der Waals surface area contributed by atoms with Crippen molar-refractivity contribution >= 4 is 23.2 Å². The number of halogens is 2. The summed E-state index contributed by atoms with van der Waals surface area (Å²) in [5.74, 6) is 0.0579. The largest absolute Gasteiger partial charge is 0.334 e. The SMILES string of the molecule is Cc1ccc(-c2nc(C3CC(=O)N(c4cc(F)ccc4Cl)C3)no2)cc1C. The van der Waals surface area contributed by atoms with E-state index in [0.29, 0.717) is 29.0 Å². The molecule has 138 valence electrons. The van der Waals surface area contributed by atoms with E-state index >= 15 is 0 Å². The van der Waals surface area contributed by atoms with Crippen LogP contribution in [0.5, 0.6) is 0 Å². The monoisotopic (exact) mass is 385 g/mol. The molecule has 0 bridgehead atoms. The zero-order valence-electron chi connectivity index (χ0n) is 14.9. The molecule has 1 fully saturated rings. The fourth-order valence-corrected chi connectivity index (χ4v) is 3.42. The van der Waals surface area contributed by atoms with Crippen LogP contribution < -0.4 is 4.90 Å². The second-order valence-electron chi connectivity index (χ2n) is 6.76. The van der Waals surface area contributed by atoms with E-state index in [1.807, 2.05) is 32.0 Å². The first-order valence-electron chi connectivity index (χ1n) is 8.59. The first kappa shape index (κ1) is 17.7. The van der Waals surface area contributed by atoms with Crippen LogP contribution in [-0.2, 0) is 4.79 Å². The van der Waals surface area contributed by atoms with Crippen LogP contribution >= 0.6 is 11.6 Å². The van der Waals surface area contributed by atoms with Gasteiger partial charge in [0.25, 0.3) is 5.89 Å². The highest BCUT2D eigenvalue weighted by Crippen LogP contribution is 2.35. The Morgan fingerprint density at radius 1 is 1.19 bits per heavy atom. The lowest BCUT2D eigenvalue weighted by Gasteiger charge is -2.17.